The first-order valence-corrected chi connectivity index (χ1v) is 9.69. The summed E-state index contributed by atoms with van der Waals surface area (Å²) in [5, 5.41) is 12.8. The van der Waals surface area contributed by atoms with Gasteiger partial charge in [0.05, 0.1) is 5.60 Å². The van der Waals surface area contributed by atoms with E-state index in [9.17, 15) is 9.90 Å². The molecule has 0 saturated heterocycles. The molecule has 0 aromatic carbocycles. The Kier molecular flexibility index (Phi) is 15.5. The lowest BCUT2D eigenvalue weighted by Gasteiger charge is -2.24. The zero-order valence-corrected chi connectivity index (χ0v) is 17.0. The molecule has 0 unspecified atom stereocenters. The average Bonchev–Trinajstić information content (AvgIpc) is 2.69. The maximum atomic E-state index is 11.7. The zero-order chi connectivity index (χ0) is 20.2. The lowest BCUT2D eigenvalue weighted by atomic mass is 9.98. The van der Waals surface area contributed by atoms with Crippen LogP contribution in [0.15, 0.2) is 85.1 Å². The van der Waals surface area contributed by atoms with Gasteiger partial charge in [0.1, 0.15) is 0 Å². The highest BCUT2D eigenvalue weighted by Crippen LogP contribution is 2.12. The standard InChI is InChI=1S/C24H35NO2/c1-4-7-8-9-10-11-12-13-14-15-16-17-18-19-20-21-23(26)25-22-24(27,5-2)6-3/h4,7-13,16-21,27H,5-6,14-15,22H2,1-3H3,(H,25,26). The fourth-order valence-corrected chi connectivity index (χ4v) is 1.99. The number of carbonyl (C=O) groups is 1. The monoisotopic (exact) mass is 369 g/mol. The van der Waals surface area contributed by atoms with Crippen molar-refractivity contribution in [3.8, 4) is 0 Å². The highest BCUT2D eigenvalue weighted by molar-refractivity contribution is 5.87. The van der Waals surface area contributed by atoms with E-state index >= 15 is 0 Å². The van der Waals surface area contributed by atoms with Gasteiger partial charge in [0.2, 0.25) is 5.91 Å². The molecule has 3 heteroatoms. The van der Waals surface area contributed by atoms with Crippen LogP contribution >= 0.6 is 0 Å². The molecule has 0 radical (unpaired) electrons. The molecule has 0 aliphatic rings. The number of hydrogen-bond acceptors (Lipinski definition) is 2. The van der Waals surface area contributed by atoms with Gasteiger partial charge in [-0.3, -0.25) is 4.79 Å². The molecular weight excluding hydrogens is 334 g/mol. The zero-order valence-electron chi connectivity index (χ0n) is 17.0. The van der Waals surface area contributed by atoms with Crippen LogP contribution in [0.5, 0.6) is 0 Å². The molecule has 0 aliphatic heterocycles. The van der Waals surface area contributed by atoms with Crippen molar-refractivity contribution in [2.75, 3.05) is 6.54 Å². The fourth-order valence-electron chi connectivity index (χ4n) is 1.99. The van der Waals surface area contributed by atoms with Crippen molar-refractivity contribution in [3.63, 3.8) is 0 Å². The summed E-state index contributed by atoms with van der Waals surface area (Å²) in [7, 11) is 0. The number of hydrogen-bond donors (Lipinski definition) is 2. The van der Waals surface area contributed by atoms with Gasteiger partial charge >= 0.3 is 0 Å². The van der Waals surface area contributed by atoms with E-state index < -0.39 is 5.60 Å². The molecule has 1 amide bonds. The molecule has 0 heterocycles. The third-order valence-electron chi connectivity index (χ3n) is 4.01. The van der Waals surface area contributed by atoms with Crippen LogP contribution in [0.1, 0.15) is 46.5 Å². The lowest BCUT2D eigenvalue weighted by molar-refractivity contribution is -0.117. The Labute approximate surface area is 165 Å². The van der Waals surface area contributed by atoms with Gasteiger partial charge in [0, 0.05) is 12.6 Å². The molecule has 0 rings (SSSR count). The molecule has 2 N–H and O–H groups in total. The predicted molar refractivity (Wildman–Crippen MR) is 117 cm³/mol. The molecule has 27 heavy (non-hydrogen) atoms. The summed E-state index contributed by atoms with van der Waals surface area (Å²) in [6.07, 6.45) is 30.3. The Morgan fingerprint density at radius 2 is 1.30 bits per heavy atom. The summed E-state index contributed by atoms with van der Waals surface area (Å²) in [5.41, 5.74) is -0.810. The minimum Gasteiger partial charge on any atom is -0.388 e. The van der Waals surface area contributed by atoms with Crippen LogP contribution in [-0.4, -0.2) is 23.2 Å². The molecule has 0 aliphatic carbocycles. The van der Waals surface area contributed by atoms with Crippen molar-refractivity contribution in [3.05, 3.63) is 85.1 Å². The van der Waals surface area contributed by atoms with Crippen molar-refractivity contribution in [1.82, 2.24) is 5.32 Å². The smallest absolute Gasteiger partial charge is 0.244 e. The van der Waals surface area contributed by atoms with Gasteiger partial charge in [-0.25, -0.2) is 0 Å². The highest BCUT2D eigenvalue weighted by Gasteiger charge is 2.21. The fraction of sp³-hybridized carbons (Fsp3) is 0.375. The van der Waals surface area contributed by atoms with E-state index in [1.165, 1.54) is 6.08 Å². The third kappa shape index (κ3) is 15.6. The molecule has 0 aromatic heterocycles. The van der Waals surface area contributed by atoms with Crippen LogP contribution in [-0.2, 0) is 4.79 Å². The van der Waals surface area contributed by atoms with Gasteiger partial charge < -0.3 is 10.4 Å². The molecule has 3 nitrogen and oxygen atoms in total. The summed E-state index contributed by atoms with van der Waals surface area (Å²) in [6, 6.07) is 0. The SMILES string of the molecule is CC=CC=CC=CC=CCCC=CC=CC=CC(=O)NCC(O)(CC)CC. The summed E-state index contributed by atoms with van der Waals surface area (Å²) >= 11 is 0. The van der Waals surface area contributed by atoms with Crippen LogP contribution in [0.2, 0.25) is 0 Å². The van der Waals surface area contributed by atoms with Gasteiger partial charge in [0.15, 0.2) is 0 Å². The Balaban J connectivity index is 3.92. The van der Waals surface area contributed by atoms with Crippen molar-refractivity contribution in [2.45, 2.75) is 52.1 Å². The summed E-state index contributed by atoms with van der Waals surface area (Å²) in [6.45, 7) is 6.10. The minimum atomic E-state index is -0.810. The van der Waals surface area contributed by atoms with Gasteiger partial charge in [-0.1, -0.05) is 92.8 Å². The largest absolute Gasteiger partial charge is 0.388 e. The first-order chi connectivity index (χ1) is 13.1. The minimum absolute atomic E-state index is 0.192. The quantitative estimate of drug-likeness (QED) is 0.261. The number of unbranched alkanes of at least 4 members (excludes halogenated alkanes) is 1. The van der Waals surface area contributed by atoms with Gasteiger partial charge in [-0.15, -0.1) is 0 Å². The Hall–Kier alpha value is -2.39. The summed E-state index contributed by atoms with van der Waals surface area (Å²) < 4.78 is 0. The van der Waals surface area contributed by atoms with Crippen molar-refractivity contribution < 1.29 is 9.90 Å². The highest BCUT2D eigenvalue weighted by atomic mass is 16.3. The Morgan fingerprint density at radius 3 is 1.81 bits per heavy atom. The van der Waals surface area contributed by atoms with E-state index in [2.05, 4.69) is 17.5 Å². The van der Waals surface area contributed by atoms with Crippen molar-refractivity contribution in [2.24, 2.45) is 0 Å². The molecule has 0 spiro atoms. The average molecular weight is 370 g/mol. The van der Waals surface area contributed by atoms with E-state index in [0.29, 0.717) is 12.8 Å². The molecule has 0 fully saturated rings. The van der Waals surface area contributed by atoms with E-state index in [-0.39, 0.29) is 12.5 Å². The van der Waals surface area contributed by atoms with Gasteiger partial charge in [0.25, 0.3) is 0 Å². The molecule has 0 saturated carbocycles. The van der Waals surface area contributed by atoms with Crippen LogP contribution in [0.25, 0.3) is 0 Å². The van der Waals surface area contributed by atoms with E-state index in [1.54, 1.807) is 6.08 Å². The van der Waals surface area contributed by atoms with Crippen LogP contribution < -0.4 is 5.32 Å². The predicted octanol–water partition coefficient (Wildman–Crippen LogP) is 5.35. The van der Waals surface area contributed by atoms with E-state index in [4.69, 9.17) is 0 Å². The Morgan fingerprint density at radius 1 is 0.815 bits per heavy atom. The number of rotatable bonds is 13. The molecule has 0 bridgehead atoms. The topological polar surface area (TPSA) is 49.3 Å². The van der Waals surface area contributed by atoms with Crippen LogP contribution in [0, 0.1) is 0 Å². The van der Waals surface area contributed by atoms with E-state index in [1.807, 2.05) is 81.5 Å². The maximum absolute atomic E-state index is 11.7. The van der Waals surface area contributed by atoms with Crippen LogP contribution in [0.3, 0.4) is 0 Å². The van der Waals surface area contributed by atoms with Gasteiger partial charge in [-0.05, 0) is 32.6 Å². The maximum Gasteiger partial charge on any atom is 0.244 e. The normalized spacial score (nSPS) is 13.8. The van der Waals surface area contributed by atoms with Crippen LogP contribution in [0.4, 0.5) is 0 Å². The third-order valence-corrected chi connectivity index (χ3v) is 4.01. The number of carbonyl (C=O) groups excluding carboxylic acids is 1. The first kappa shape index (κ1) is 24.6. The molecule has 0 aromatic rings. The second kappa shape index (κ2) is 17.0. The number of aliphatic hydroxyl groups is 1. The molecule has 0 atom stereocenters. The van der Waals surface area contributed by atoms with E-state index in [0.717, 1.165) is 12.8 Å². The first-order valence-electron chi connectivity index (χ1n) is 9.69. The lowest BCUT2D eigenvalue weighted by Crippen LogP contribution is -2.41. The summed E-state index contributed by atoms with van der Waals surface area (Å²) in [4.78, 5) is 11.7. The summed E-state index contributed by atoms with van der Waals surface area (Å²) in [5.74, 6) is -0.192. The van der Waals surface area contributed by atoms with Gasteiger partial charge in [-0.2, -0.15) is 0 Å². The number of nitrogens with one attached hydrogen (secondary N) is 1. The molecule has 148 valence electrons. The number of amides is 1. The van der Waals surface area contributed by atoms with Crippen molar-refractivity contribution in [1.29, 1.82) is 0 Å². The van der Waals surface area contributed by atoms with Crippen molar-refractivity contribution >= 4 is 5.91 Å². The second-order valence-corrected chi connectivity index (χ2v) is 6.12. The molecular formula is C24H35NO2. The second-order valence-electron chi connectivity index (χ2n) is 6.12. The Bertz CT molecular complexity index is 586. The number of allylic oxidation sites excluding steroid dienone is 13.